The molecule has 0 aromatic rings. The van der Waals surface area contributed by atoms with Crippen LogP contribution in [0.25, 0.3) is 0 Å². The molecule has 10 heavy (non-hydrogen) atoms. The van der Waals surface area contributed by atoms with Crippen molar-refractivity contribution in [3.8, 4) is 0 Å². The summed E-state index contributed by atoms with van der Waals surface area (Å²) in [6.45, 7) is 4.44. The molecule has 1 unspecified atom stereocenters. The van der Waals surface area contributed by atoms with E-state index in [1.807, 2.05) is 13.8 Å². The molecule has 0 N–H and O–H groups in total. The highest BCUT2D eigenvalue weighted by molar-refractivity contribution is 7.81. The van der Waals surface area contributed by atoms with Gasteiger partial charge >= 0.3 is 5.97 Å². The lowest BCUT2D eigenvalue weighted by atomic mass is 9.94. The predicted molar refractivity (Wildman–Crippen MR) is 42.1 cm³/mol. The predicted octanol–water partition coefficient (Wildman–Crippen LogP) is 1.26. The minimum atomic E-state index is -0.229. The average Bonchev–Trinajstić information content (AvgIpc) is 2.11. The number of esters is 1. The third kappa shape index (κ3) is 1.45. The highest BCUT2D eigenvalue weighted by atomic mass is 32.1. The van der Waals surface area contributed by atoms with Crippen LogP contribution in [0.4, 0.5) is 0 Å². The molecule has 1 rings (SSSR count). The van der Waals surface area contributed by atoms with E-state index in [1.54, 1.807) is 0 Å². The Hall–Kier alpha value is -0.180. The van der Waals surface area contributed by atoms with Crippen LogP contribution in [0.3, 0.4) is 0 Å². The van der Waals surface area contributed by atoms with Gasteiger partial charge in [-0.3, -0.25) is 4.79 Å². The number of carbonyl (C=O) groups excluding carboxylic acids is 1. The molecule has 1 heterocycles. The van der Waals surface area contributed by atoms with Gasteiger partial charge in [0.15, 0.2) is 0 Å². The van der Waals surface area contributed by atoms with Gasteiger partial charge in [0.25, 0.3) is 0 Å². The molecule has 0 aromatic carbocycles. The van der Waals surface area contributed by atoms with E-state index in [1.165, 1.54) is 0 Å². The van der Waals surface area contributed by atoms with Crippen LogP contribution in [0.15, 0.2) is 0 Å². The highest BCUT2D eigenvalue weighted by Gasteiger charge is 2.37. The third-order valence-electron chi connectivity index (χ3n) is 1.79. The summed E-state index contributed by atoms with van der Waals surface area (Å²) in [7, 11) is 0. The Kier molecular flexibility index (Phi) is 1.95. The molecule has 1 aliphatic rings. The van der Waals surface area contributed by atoms with Crippen LogP contribution < -0.4 is 0 Å². The molecule has 1 aliphatic heterocycles. The summed E-state index contributed by atoms with van der Waals surface area (Å²) < 4.78 is 4.58. The molecule has 2 nitrogen and oxygen atoms in total. The van der Waals surface area contributed by atoms with Gasteiger partial charge in [0.1, 0.15) is 0 Å². The number of hydrogen-bond acceptors (Lipinski definition) is 3. The van der Waals surface area contributed by atoms with Gasteiger partial charge in [-0.15, -0.1) is 0 Å². The normalized spacial score (nSPS) is 26.7. The van der Waals surface area contributed by atoms with Gasteiger partial charge in [-0.2, -0.15) is 12.6 Å². The second-order valence-corrected chi connectivity index (χ2v) is 4.32. The van der Waals surface area contributed by atoms with Gasteiger partial charge in [-0.25, -0.2) is 0 Å². The van der Waals surface area contributed by atoms with E-state index >= 15 is 0 Å². The summed E-state index contributed by atoms with van der Waals surface area (Å²) >= 11 is 4.31. The Morgan fingerprint density at radius 3 is 2.50 bits per heavy atom. The number of thiol groups is 1. The van der Waals surface area contributed by atoms with Gasteiger partial charge in [-0.1, -0.05) is 13.8 Å². The highest BCUT2D eigenvalue weighted by Crippen LogP contribution is 2.31. The molecule has 0 aromatic heterocycles. The Balaban J connectivity index is 2.64. The monoisotopic (exact) mass is 160 g/mol. The number of hydrogen-bond donors (Lipinski definition) is 1. The smallest absolute Gasteiger partial charge is 0.310 e. The molecule has 0 radical (unpaired) electrons. The van der Waals surface area contributed by atoms with Crippen molar-refractivity contribution < 1.29 is 9.53 Å². The summed E-state index contributed by atoms with van der Waals surface area (Å²) in [6.07, 6.45) is 0.815. The van der Waals surface area contributed by atoms with Crippen molar-refractivity contribution in [1.29, 1.82) is 0 Å². The zero-order valence-electron chi connectivity index (χ0n) is 6.26. The standard InChI is InChI=1S/C7H12O2S/c1-7(2,10)5-3-4-9-6(5)8/h5,10H,3-4H2,1-2H3. The number of rotatable bonds is 1. The largest absolute Gasteiger partial charge is 0.465 e. The van der Waals surface area contributed by atoms with Crippen molar-refractivity contribution in [2.45, 2.75) is 25.0 Å². The molecule has 0 saturated carbocycles. The molecule has 0 amide bonds. The summed E-state index contributed by atoms with van der Waals surface area (Å²) in [5, 5.41) is 0. The Bertz CT molecular complexity index is 148. The second kappa shape index (κ2) is 2.46. The number of cyclic esters (lactones) is 1. The lowest BCUT2D eigenvalue weighted by Gasteiger charge is -2.21. The number of carbonyl (C=O) groups is 1. The fraction of sp³-hybridized carbons (Fsp3) is 0.857. The van der Waals surface area contributed by atoms with Crippen LogP contribution in [0, 0.1) is 5.92 Å². The van der Waals surface area contributed by atoms with Gasteiger partial charge < -0.3 is 4.74 Å². The Morgan fingerprint density at radius 1 is 1.70 bits per heavy atom. The van der Waals surface area contributed by atoms with Crippen LogP contribution in [0.5, 0.6) is 0 Å². The molecule has 0 aliphatic carbocycles. The second-order valence-electron chi connectivity index (χ2n) is 3.16. The number of ether oxygens (including phenoxy) is 1. The zero-order chi connectivity index (χ0) is 7.78. The lowest BCUT2D eigenvalue weighted by molar-refractivity contribution is -0.141. The van der Waals surface area contributed by atoms with Gasteiger partial charge in [0.2, 0.25) is 0 Å². The summed E-state index contributed by atoms with van der Waals surface area (Å²) in [4.78, 5) is 10.9. The van der Waals surface area contributed by atoms with E-state index in [9.17, 15) is 4.79 Å². The van der Waals surface area contributed by atoms with Crippen LogP contribution in [0.2, 0.25) is 0 Å². The van der Waals surface area contributed by atoms with Gasteiger partial charge in [0.05, 0.1) is 12.5 Å². The first-order valence-electron chi connectivity index (χ1n) is 3.41. The lowest BCUT2D eigenvalue weighted by Crippen LogP contribution is -2.28. The van der Waals surface area contributed by atoms with E-state index in [4.69, 9.17) is 4.74 Å². The van der Waals surface area contributed by atoms with E-state index < -0.39 is 0 Å². The van der Waals surface area contributed by atoms with Crippen molar-refractivity contribution in [3.05, 3.63) is 0 Å². The minimum Gasteiger partial charge on any atom is -0.465 e. The van der Waals surface area contributed by atoms with Crippen LogP contribution in [0.1, 0.15) is 20.3 Å². The molecular formula is C7H12O2S. The first-order valence-corrected chi connectivity index (χ1v) is 3.85. The third-order valence-corrected chi connectivity index (χ3v) is 2.10. The first-order chi connectivity index (χ1) is 4.52. The summed E-state index contributed by atoms with van der Waals surface area (Å²) in [5.41, 5.74) is 0. The fourth-order valence-corrected chi connectivity index (χ4v) is 1.37. The van der Waals surface area contributed by atoms with E-state index in [0.29, 0.717) is 6.61 Å². The molecule has 1 atom stereocenters. The van der Waals surface area contributed by atoms with Crippen molar-refractivity contribution in [1.82, 2.24) is 0 Å². The molecule has 1 saturated heterocycles. The van der Waals surface area contributed by atoms with Crippen LogP contribution in [-0.2, 0) is 9.53 Å². The first kappa shape index (κ1) is 7.92. The van der Waals surface area contributed by atoms with Gasteiger partial charge in [-0.05, 0) is 6.42 Å². The minimum absolute atomic E-state index is 0.0177. The SMILES string of the molecule is CC(C)(S)C1CCOC1=O. The maximum Gasteiger partial charge on any atom is 0.310 e. The molecular weight excluding hydrogens is 148 g/mol. The van der Waals surface area contributed by atoms with Crippen molar-refractivity contribution in [2.24, 2.45) is 5.92 Å². The summed E-state index contributed by atoms with van der Waals surface area (Å²) in [5.74, 6) is -0.115. The zero-order valence-corrected chi connectivity index (χ0v) is 7.15. The molecule has 3 heteroatoms. The van der Waals surface area contributed by atoms with Crippen molar-refractivity contribution in [3.63, 3.8) is 0 Å². The van der Waals surface area contributed by atoms with E-state index in [2.05, 4.69) is 12.6 Å². The maximum absolute atomic E-state index is 10.9. The Morgan fingerprint density at radius 2 is 2.30 bits per heavy atom. The topological polar surface area (TPSA) is 26.3 Å². The maximum atomic E-state index is 10.9. The molecule has 58 valence electrons. The van der Waals surface area contributed by atoms with Crippen LogP contribution in [-0.4, -0.2) is 17.3 Å². The van der Waals surface area contributed by atoms with E-state index in [-0.39, 0.29) is 16.6 Å². The van der Waals surface area contributed by atoms with Crippen LogP contribution >= 0.6 is 12.6 Å². The average molecular weight is 160 g/mol. The van der Waals surface area contributed by atoms with E-state index in [0.717, 1.165) is 6.42 Å². The fourth-order valence-electron chi connectivity index (χ4n) is 1.14. The van der Waals surface area contributed by atoms with Gasteiger partial charge in [0, 0.05) is 4.75 Å². The summed E-state index contributed by atoms with van der Waals surface area (Å²) in [6, 6.07) is 0. The van der Waals surface area contributed by atoms with Crippen molar-refractivity contribution in [2.75, 3.05) is 6.61 Å². The quantitative estimate of drug-likeness (QED) is 0.461. The molecule has 1 fully saturated rings. The van der Waals surface area contributed by atoms with Crippen molar-refractivity contribution >= 4 is 18.6 Å². The molecule has 0 bridgehead atoms. The Labute approximate surface area is 66.4 Å². The molecule has 0 spiro atoms.